The van der Waals surface area contributed by atoms with E-state index in [0.29, 0.717) is 12.3 Å². The molecule has 1 aliphatic heterocycles. The average molecular weight is 318 g/mol. The maximum Gasteiger partial charge on any atom is 0.222 e. The Hall–Kier alpha value is -1.69. The fourth-order valence-electron chi connectivity index (χ4n) is 2.95. The summed E-state index contributed by atoms with van der Waals surface area (Å²) >= 11 is 1.73. The molecule has 1 amide bonds. The van der Waals surface area contributed by atoms with Gasteiger partial charge >= 0.3 is 0 Å². The van der Waals surface area contributed by atoms with Gasteiger partial charge in [0.15, 0.2) is 0 Å². The van der Waals surface area contributed by atoms with Crippen molar-refractivity contribution in [3.05, 3.63) is 34.8 Å². The minimum absolute atomic E-state index is 0.276. The van der Waals surface area contributed by atoms with Crippen LogP contribution in [-0.2, 0) is 11.3 Å². The summed E-state index contributed by atoms with van der Waals surface area (Å²) in [7, 11) is 0. The highest BCUT2D eigenvalue weighted by atomic mass is 32.1. The molecule has 6 heteroatoms. The summed E-state index contributed by atoms with van der Waals surface area (Å²) in [5.74, 6) is 0.697. The van der Waals surface area contributed by atoms with Gasteiger partial charge < -0.3 is 9.47 Å². The Morgan fingerprint density at radius 1 is 1.50 bits per heavy atom. The second-order valence-corrected chi connectivity index (χ2v) is 6.80. The third-order valence-electron chi connectivity index (χ3n) is 4.13. The number of aryl methyl sites for hydroxylation is 2. The van der Waals surface area contributed by atoms with Gasteiger partial charge in [-0.15, -0.1) is 11.3 Å². The Labute approximate surface area is 135 Å². The number of hydrogen-bond donors (Lipinski definition) is 0. The van der Waals surface area contributed by atoms with Crippen LogP contribution < -0.4 is 0 Å². The predicted molar refractivity (Wildman–Crippen MR) is 86.9 cm³/mol. The molecule has 0 aromatic carbocycles. The van der Waals surface area contributed by atoms with Crippen molar-refractivity contribution in [3.63, 3.8) is 0 Å². The van der Waals surface area contributed by atoms with Gasteiger partial charge in [-0.25, -0.2) is 9.97 Å². The van der Waals surface area contributed by atoms with E-state index >= 15 is 0 Å². The van der Waals surface area contributed by atoms with Crippen LogP contribution in [0.15, 0.2) is 24.1 Å². The number of aromatic nitrogens is 3. The second kappa shape index (κ2) is 7.05. The topological polar surface area (TPSA) is 51.0 Å². The number of hydrogen-bond acceptors (Lipinski definition) is 4. The van der Waals surface area contributed by atoms with Crippen LogP contribution in [0.4, 0.5) is 0 Å². The minimum Gasteiger partial charge on any atom is -0.342 e. The first kappa shape index (κ1) is 15.2. The van der Waals surface area contributed by atoms with Gasteiger partial charge in [0.2, 0.25) is 5.91 Å². The summed E-state index contributed by atoms with van der Waals surface area (Å²) in [5, 5.41) is 3.29. The monoisotopic (exact) mass is 318 g/mol. The lowest BCUT2D eigenvalue weighted by Gasteiger charge is -2.32. The van der Waals surface area contributed by atoms with Crippen molar-refractivity contribution < 1.29 is 4.79 Å². The van der Waals surface area contributed by atoms with Crippen molar-refractivity contribution in [2.45, 2.75) is 45.1 Å². The average Bonchev–Trinajstić information content (AvgIpc) is 3.19. The number of amides is 1. The first-order valence-electron chi connectivity index (χ1n) is 7.88. The van der Waals surface area contributed by atoms with Crippen LogP contribution in [0.3, 0.4) is 0 Å². The van der Waals surface area contributed by atoms with Crippen LogP contribution >= 0.6 is 11.3 Å². The molecular formula is C16H22N4OS. The first-order chi connectivity index (χ1) is 10.7. The zero-order valence-corrected chi connectivity index (χ0v) is 13.8. The lowest BCUT2D eigenvalue weighted by Crippen LogP contribution is -2.39. The van der Waals surface area contributed by atoms with Gasteiger partial charge in [0, 0.05) is 55.4 Å². The molecule has 2 aromatic heterocycles. The van der Waals surface area contributed by atoms with Crippen LogP contribution in [0.5, 0.6) is 0 Å². The van der Waals surface area contributed by atoms with Gasteiger partial charge in [-0.1, -0.05) is 0 Å². The molecule has 3 heterocycles. The van der Waals surface area contributed by atoms with Crippen LogP contribution in [-0.4, -0.2) is 38.4 Å². The Balaban J connectivity index is 1.49. The van der Waals surface area contributed by atoms with E-state index in [1.807, 2.05) is 22.6 Å². The number of nitrogens with zero attached hydrogens (tertiary/aromatic N) is 4. The Bertz CT molecular complexity index is 607. The highest BCUT2D eigenvalue weighted by molar-refractivity contribution is 7.09. The number of piperidine rings is 1. The molecule has 0 unspecified atom stereocenters. The summed E-state index contributed by atoms with van der Waals surface area (Å²) in [6, 6.07) is 0. The number of thiazole rings is 1. The maximum absolute atomic E-state index is 12.4. The normalized spacial score (nSPS) is 18.6. The molecule has 0 bridgehead atoms. The van der Waals surface area contributed by atoms with E-state index in [9.17, 15) is 4.79 Å². The molecular weight excluding hydrogens is 296 g/mol. The highest BCUT2D eigenvalue weighted by Crippen LogP contribution is 2.29. The quantitative estimate of drug-likeness (QED) is 0.852. The zero-order valence-electron chi connectivity index (χ0n) is 12.9. The van der Waals surface area contributed by atoms with Crippen molar-refractivity contribution >= 4 is 17.2 Å². The summed E-state index contributed by atoms with van der Waals surface area (Å²) in [6.07, 6.45) is 9.21. The smallest absolute Gasteiger partial charge is 0.222 e. The van der Waals surface area contributed by atoms with Gasteiger partial charge in [0.25, 0.3) is 0 Å². The van der Waals surface area contributed by atoms with Crippen LogP contribution in [0.25, 0.3) is 0 Å². The number of carbonyl (C=O) groups excluding carboxylic acids is 1. The Morgan fingerprint density at radius 3 is 3.14 bits per heavy atom. The molecule has 118 valence electrons. The van der Waals surface area contributed by atoms with E-state index in [1.165, 1.54) is 5.01 Å². The summed E-state index contributed by atoms with van der Waals surface area (Å²) in [5.41, 5.74) is 1.09. The number of likely N-dealkylation sites (tertiary alicyclic amines) is 1. The van der Waals surface area contributed by atoms with Gasteiger partial charge in [-0.05, 0) is 26.2 Å². The zero-order chi connectivity index (χ0) is 15.4. The van der Waals surface area contributed by atoms with E-state index in [-0.39, 0.29) is 5.91 Å². The van der Waals surface area contributed by atoms with E-state index in [2.05, 4.69) is 15.3 Å². The van der Waals surface area contributed by atoms with Crippen LogP contribution in [0.1, 0.15) is 42.3 Å². The Morgan fingerprint density at radius 2 is 2.41 bits per heavy atom. The summed E-state index contributed by atoms with van der Waals surface area (Å²) in [4.78, 5) is 23.0. The molecule has 1 aliphatic rings. The Kier molecular flexibility index (Phi) is 4.87. The molecule has 1 fully saturated rings. The molecule has 0 aliphatic carbocycles. The SMILES string of the molecule is Cc1csc([C@@H]2CCCN(C(=O)CCCn3ccnc3)C2)n1. The van der Waals surface area contributed by atoms with Gasteiger partial charge in [-0.2, -0.15) is 0 Å². The third-order valence-corrected chi connectivity index (χ3v) is 5.25. The summed E-state index contributed by atoms with van der Waals surface area (Å²) in [6.45, 7) is 4.61. The number of carbonyl (C=O) groups is 1. The first-order valence-corrected chi connectivity index (χ1v) is 8.76. The van der Waals surface area contributed by atoms with Crippen molar-refractivity contribution in [1.29, 1.82) is 0 Å². The largest absolute Gasteiger partial charge is 0.342 e. The minimum atomic E-state index is 0.276. The van der Waals surface area contributed by atoms with Crippen molar-refractivity contribution in [2.24, 2.45) is 0 Å². The lowest BCUT2D eigenvalue weighted by atomic mass is 9.98. The van der Waals surface area contributed by atoms with Gasteiger partial charge in [0.1, 0.15) is 0 Å². The highest BCUT2D eigenvalue weighted by Gasteiger charge is 2.26. The van der Waals surface area contributed by atoms with Crippen LogP contribution in [0.2, 0.25) is 0 Å². The van der Waals surface area contributed by atoms with E-state index in [0.717, 1.165) is 44.6 Å². The molecule has 0 spiro atoms. The molecule has 1 saturated heterocycles. The molecule has 22 heavy (non-hydrogen) atoms. The molecule has 3 rings (SSSR count). The van der Waals surface area contributed by atoms with Crippen LogP contribution in [0, 0.1) is 6.92 Å². The summed E-state index contributed by atoms with van der Waals surface area (Å²) < 4.78 is 2.02. The van der Waals surface area contributed by atoms with Crippen molar-refractivity contribution in [2.75, 3.05) is 13.1 Å². The van der Waals surface area contributed by atoms with Crippen molar-refractivity contribution in [3.8, 4) is 0 Å². The standard InChI is InChI=1S/C16H22N4OS/c1-13-11-22-16(18-13)14-4-2-8-20(10-14)15(21)5-3-7-19-9-6-17-12-19/h6,9,11-12,14H,2-5,7-8,10H2,1H3/t14-/m1/s1. The molecule has 0 saturated carbocycles. The fourth-order valence-corrected chi connectivity index (χ4v) is 3.88. The number of rotatable bonds is 5. The fraction of sp³-hybridized carbons (Fsp3) is 0.562. The van der Waals surface area contributed by atoms with E-state index in [4.69, 9.17) is 0 Å². The number of imidazole rings is 1. The molecule has 0 N–H and O–H groups in total. The van der Waals surface area contributed by atoms with Gasteiger partial charge in [0.05, 0.1) is 11.3 Å². The molecule has 2 aromatic rings. The lowest BCUT2D eigenvalue weighted by molar-refractivity contribution is -0.132. The maximum atomic E-state index is 12.4. The molecule has 5 nitrogen and oxygen atoms in total. The molecule has 0 radical (unpaired) electrons. The van der Waals surface area contributed by atoms with E-state index < -0.39 is 0 Å². The second-order valence-electron chi connectivity index (χ2n) is 5.91. The van der Waals surface area contributed by atoms with Crippen molar-refractivity contribution in [1.82, 2.24) is 19.4 Å². The predicted octanol–water partition coefficient (Wildman–Crippen LogP) is 2.83. The molecule has 1 atom stereocenters. The third kappa shape index (κ3) is 3.74. The van der Waals surface area contributed by atoms with E-state index in [1.54, 1.807) is 23.9 Å². The van der Waals surface area contributed by atoms with Gasteiger partial charge in [-0.3, -0.25) is 4.79 Å².